The number of Topliss-reactive ketones (excluding diaryl/α,β-unsaturated/α-hetero) is 1. The van der Waals surface area contributed by atoms with E-state index in [0.29, 0.717) is 5.39 Å². The number of carbonyl (C=O) groups excluding carboxylic acids is 3. The van der Waals surface area contributed by atoms with Crippen molar-refractivity contribution in [2.75, 3.05) is 0 Å². The van der Waals surface area contributed by atoms with Crippen LogP contribution in [0.25, 0.3) is 10.8 Å². The Hall–Kier alpha value is -3.69. The van der Waals surface area contributed by atoms with Crippen LogP contribution in [0.15, 0.2) is 66.9 Å². The van der Waals surface area contributed by atoms with E-state index < -0.39 is 37.5 Å². The van der Waals surface area contributed by atoms with Gasteiger partial charge in [0.2, 0.25) is 0 Å². The van der Waals surface area contributed by atoms with E-state index in [2.05, 4.69) is 15.5 Å². The Morgan fingerprint density at radius 2 is 1.62 bits per heavy atom. The van der Waals surface area contributed by atoms with Crippen LogP contribution in [0.5, 0.6) is 5.75 Å². The summed E-state index contributed by atoms with van der Waals surface area (Å²) in [6.45, 7) is 4.90. The van der Waals surface area contributed by atoms with Gasteiger partial charge in [-0.2, -0.15) is 9.55 Å². The number of halogens is 2. The summed E-state index contributed by atoms with van der Waals surface area (Å²) in [5.74, 6) is -1.38. The lowest BCUT2D eigenvalue weighted by Crippen LogP contribution is -2.38. The number of amides is 1. The maximum atomic E-state index is 15.0. The van der Waals surface area contributed by atoms with Crippen molar-refractivity contribution in [3.05, 3.63) is 93.7 Å². The van der Waals surface area contributed by atoms with Crippen LogP contribution in [0.3, 0.4) is 0 Å². The summed E-state index contributed by atoms with van der Waals surface area (Å²) in [6, 6.07) is 16.2. The molecule has 13 heteroatoms. The molecule has 2 atom stereocenters. The van der Waals surface area contributed by atoms with Gasteiger partial charge in [-0.05, 0) is 57.2 Å². The van der Waals surface area contributed by atoms with Gasteiger partial charge in [0.15, 0.2) is 11.5 Å². The second kappa shape index (κ2) is 15.0. The largest absolute Gasteiger partial charge is 0.462 e. The fraction of sp³-hybridized carbons (Fsp3) is 0.353. The summed E-state index contributed by atoms with van der Waals surface area (Å²) in [4.78, 5) is 40.2. The van der Waals surface area contributed by atoms with E-state index in [-0.39, 0.29) is 45.1 Å². The van der Waals surface area contributed by atoms with Crippen molar-refractivity contribution in [2.24, 2.45) is 0 Å². The molecule has 1 aliphatic carbocycles. The molecule has 1 aliphatic rings. The molecule has 1 aromatic heterocycles. The fourth-order valence-electron chi connectivity index (χ4n) is 5.55. The lowest BCUT2D eigenvalue weighted by atomic mass is 9.95. The molecule has 4 aromatic rings. The monoisotopic (exact) mass is 698 g/mol. The van der Waals surface area contributed by atoms with Crippen molar-refractivity contribution in [1.82, 2.24) is 20.0 Å². The standard InChI is InChI=1S/C34H37Cl2N4O6P/c1-21(2)45-34(43)22(3)39-47(44,46-30-18-9-12-23-11-7-8-15-26(23)30)40-20-24(19-29(41)31-27(35)16-10-17-28(31)36)32(38-40)33(42)37-25-13-5-4-6-14-25/h7-12,15-18,20-22,25H,4-6,13-14,19H2,1-3H3,(H,37,42)(H,39,44)/t22-,47?/m0/s1. The average molecular weight is 700 g/mol. The molecule has 1 saturated carbocycles. The van der Waals surface area contributed by atoms with Crippen LogP contribution in [-0.4, -0.2) is 45.4 Å². The first-order valence-corrected chi connectivity index (χ1v) is 17.9. The summed E-state index contributed by atoms with van der Waals surface area (Å²) in [5, 5.41) is 12.1. The second-order valence-electron chi connectivity index (χ2n) is 11.9. The van der Waals surface area contributed by atoms with Crippen LogP contribution in [0.2, 0.25) is 10.0 Å². The number of hydrogen-bond donors (Lipinski definition) is 2. The Morgan fingerprint density at radius 3 is 2.32 bits per heavy atom. The summed E-state index contributed by atoms with van der Waals surface area (Å²) in [5.41, 5.74) is 0.175. The number of carbonyl (C=O) groups is 3. The molecule has 0 saturated heterocycles. The molecule has 0 radical (unpaired) electrons. The smallest absolute Gasteiger partial charge is 0.440 e. The number of fused-ring (bicyclic) bond motifs is 1. The maximum absolute atomic E-state index is 15.0. The number of esters is 1. The Kier molecular flexibility index (Phi) is 11.1. The molecule has 1 amide bonds. The first kappa shape index (κ1) is 34.6. The predicted octanol–water partition coefficient (Wildman–Crippen LogP) is 7.80. The van der Waals surface area contributed by atoms with Crippen molar-refractivity contribution in [3.8, 4) is 5.75 Å². The molecule has 0 spiro atoms. The van der Waals surface area contributed by atoms with Crippen LogP contribution < -0.4 is 14.9 Å². The zero-order chi connectivity index (χ0) is 33.7. The van der Waals surface area contributed by atoms with Gasteiger partial charge in [0.1, 0.15) is 11.8 Å². The van der Waals surface area contributed by atoms with E-state index in [1.807, 2.05) is 30.3 Å². The number of ether oxygens (including phenoxy) is 1. The highest BCUT2D eigenvalue weighted by Gasteiger charge is 2.37. The highest BCUT2D eigenvalue weighted by molar-refractivity contribution is 7.55. The zero-order valence-electron chi connectivity index (χ0n) is 26.4. The molecule has 5 rings (SSSR count). The topological polar surface area (TPSA) is 129 Å². The first-order valence-electron chi connectivity index (χ1n) is 15.6. The van der Waals surface area contributed by atoms with Crippen molar-refractivity contribution < 1.29 is 28.2 Å². The van der Waals surface area contributed by atoms with E-state index in [9.17, 15) is 18.9 Å². The third-order valence-electron chi connectivity index (χ3n) is 7.83. The molecular formula is C34H37Cl2N4O6P. The minimum absolute atomic E-state index is 0.0642. The van der Waals surface area contributed by atoms with E-state index in [1.54, 1.807) is 44.2 Å². The zero-order valence-corrected chi connectivity index (χ0v) is 28.8. The maximum Gasteiger partial charge on any atom is 0.440 e. The van der Waals surface area contributed by atoms with Crippen LogP contribution >= 0.6 is 30.9 Å². The summed E-state index contributed by atoms with van der Waals surface area (Å²) >= 11 is 12.7. The average Bonchev–Trinajstić information content (AvgIpc) is 3.46. The van der Waals surface area contributed by atoms with Crippen molar-refractivity contribution in [1.29, 1.82) is 0 Å². The highest BCUT2D eigenvalue weighted by Crippen LogP contribution is 2.47. The lowest BCUT2D eigenvalue weighted by Gasteiger charge is -2.24. The van der Waals surface area contributed by atoms with E-state index in [0.717, 1.165) is 41.9 Å². The van der Waals surface area contributed by atoms with Gasteiger partial charge in [-0.1, -0.05) is 84.9 Å². The molecule has 2 N–H and O–H groups in total. The molecule has 0 aliphatic heterocycles. The minimum Gasteiger partial charge on any atom is -0.462 e. The minimum atomic E-state index is -4.36. The van der Waals surface area contributed by atoms with E-state index in [1.165, 1.54) is 13.1 Å². The third kappa shape index (κ3) is 8.25. The molecule has 1 fully saturated rings. The highest BCUT2D eigenvalue weighted by atomic mass is 35.5. The predicted molar refractivity (Wildman–Crippen MR) is 182 cm³/mol. The molecule has 0 bridgehead atoms. The Balaban J connectivity index is 1.59. The number of benzene rings is 3. The normalized spacial score (nSPS) is 15.6. The van der Waals surface area contributed by atoms with Gasteiger partial charge in [-0.25, -0.2) is 9.65 Å². The quantitative estimate of drug-likeness (QED) is 0.0872. The van der Waals surface area contributed by atoms with Crippen molar-refractivity contribution >= 4 is 59.3 Å². The van der Waals surface area contributed by atoms with Gasteiger partial charge in [0.05, 0.1) is 21.7 Å². The number of rotatable bonds is 12. The van der Waals surface area contributed by atoms with Crippen LogP contribution in [0.4, 0.5) is 0 Å². The molecule has 10 nitrogen and oxygen atoms in total. The summed E-state index contributed by atoms with van der Waals surface area (Å²) in [7, 11) is -4.36. The second-order valence-corrected chi connectivity index (χ2v) is 14.6. The van der Waals surface area contributed by atoms with Crippen LogP contribution in [0.1, 0.15) is 79.3 Å². The van der Waals surface area contributed by atoms with E-state index in [4.69, 9.17) is 32.5 Å². The number of ketones is 1. The van der Waals surface area contributed by atoms with Crippen molar-refractivity contribution in [3.63, 3.8) is 0 Å². The lowest BCUT2D eigenvalue weighted by molar-refractivity contribution is -0.149. The Labute approximate surface area is 283 Å². The van der Waals surface area contributed by atoms with Gasteiger partial charge >= 0.3 is 13.6 Å². The fourth-order valence-corrected chi connectivity index (χ4v) is 7.93. The van der Waals surface area contributed by atoms with Gasteiger partial charge < -0.3 is 14.6 Å². The Bertz CT molecular complexity index is 1810. The third-order valence-corrected chi connectivity index (χ3v) is 10.4. The molecule has 1 unspecified atom stereocenters. The molecular weight excluding hydrogens is 662 g/mol. The number of aromatic nitrogens is 2. The number of nitrogens with zero attached hydrogens (tertiary/aromatic N) is 2. The molecule has 248 valence electrons. The molecule has 47 heavy (non-hydrogen) atoms. The SMILES string of the molecule is CC(C)OC(=O)[C@H](C)NP(=O)(Oc1cccc2ccccc12)n1cc(CC(=O)c2c(Cl)cccc2Cl)c(C(=O)NC2CCCCC2)n1. The van der Waals surface area contributed by atoms with Gasteiger partial charge in [0, 0.05) is 29.6 Å². The van der Waals surface area contributed by atoms with E-state index >= 15 is 0 Å². The van der Waals surface area contributed by atoms with Gasteiger partial charge in [-0.15, -0.1) is 0 Å². The first-order chi connectivity index (χ1) is 22.4. The summed E-state index contributed by atoms with van der Waals surface area (Å²) < 4.78 is 27.6. The summed E-state index contributed by atoms with van der Waals surface area (Å²) in [6.07, 6.45) is 5.28. The van der Waals surface area contributed by atoms with Crippen LogP contribution in [0, 0.1) is 0 Å². The molecule has 3 aromatic carbocycles. The Morgan fingerprint density at radius 1 is 0.957 bits per heavy atom. The van der Waals surface area contributed by atoms with Gasteiger partial charge in [0.25, 0.3) is 5.91 Å². The van der Waals surface area contributed by atoms with Crippen molar-refractivity contribution in [2.45, 2.75) is 77.5 Å². The van der Waals surface area contributed by atoms with Crippen LogP contribution in [-0.2, 0) is 20.5 Å². The van der Waals surface area contributed by atoms with Gasteiger partial charge in [-0.3, -0.25) is 14.4 Å². The number of nitrogens with one attached hydrogen (secondary N) is 2. The number of hydrogen-bond acceptors (Lipinski definition) is 7. The molecule has 1 heterocycles.